The second kappa shape index (κ2) is 5.43. The van der Waals surface area contributed by atoms with Crippen molar-refractivity contribution in [3.05, 3.63) is 34.9 Å². The predicted octanol–water partition coefficient (Wildman–Crippen LogP) is 0.749. The number of rotatable bonds is 6. The lowest BCUT2D eigenvalue weighted by Gasteiger charge is -2.08. The van der Waals surface area contributed by atoms with Crippen molar-refractivity contribution in [3.8, 4) is 0 Å². The van der Waals surface area contributed by atoms with Crippen LogP contribution in [-0.4, -0.2) is 25.5 Å². The predicted molar refractivity (Wildman–Crippen MR) is 65.2 cm³/mol. The average molecular weight is 306 g/mol. The minimum atomic E-state index is -3.73. The van der Waals surface area contributed by atoms with Crippen molar-refractivity contribution >= 4 is 16.2 Å². The Labute approximate surface area is 114 Å². The molecule has 0 amide bonds. The minimum absolute atomic E-state index is 0.00817. The Morgan fingerprint density at radius 3 is 2.30 bits per heavy atom. The van der Waals surface area contributed by atoms with Gasteiger partial charge < -0.3 is 5.11 Å². The summed E-state index contributed by atoms with van der Waals surface area (Å²) in [6.07, 6.45) is 1.52. The zero-order valence-corrected chi connectivity index (χ0v) is 11.0. The van der Waals surface area contributed by atoms with Crippen LogP contribution >= 0.6 is 0 Å². The van der Waals surface area contributed by atoms with Crippen molar-refractivity contribution in [2.24, 2.45) is 0 Å². The van der Waals surface area contributed by atoms with Gasteiger partial charge in [-0.2, -0.15) is 17.9 Å². The van der Waals surface area contributed by atoms with Crippen molar-refractivity contribution in [3.63, 3.8) is 0 Å². The second-order valence-electron chi connectivity index (χ2n) is 4.46. The molecule has 0 atom stereocenters. The molecule has 0 aromatic heterocycles. The number of carboxylic acids is 1. The van der Waals surface area contributed by atoms with Crippen LogP contribution in [0.25, 0.3) is 0 Å². The van der Waals surface area contributed by atoms with E-state index in [9.17, 15) is 22.0 Å². The summed E-state index contributed by atoms with van der Waals surface area (Å²) in [7, 11) is -3.73. The Kier molecular flexibility index (Phi) is 4.02. The van der Waals surface area contributed by atoms with E-state index in [0.29, 0.717) is 0 Å². The third-order valence-corrected chi connectivity index (χ3v) is 3.85. The van der Waals surface area contributed by atoms with Crippen LogP contribution in [0.4, 0.5) is 8.78 Å². The number of carbonyl (C=O) groups is 1. The van der Waals surface area contributed by atoms with Gasteiger partial charge in [0.25, 0.3) is 10.2 Å². The van der Waals surface area contributed by atoms with Crippen LogP contribution in [-0.2, 0) is 16.8 Å². The first kappa shape index (κ1) is 14.8. The van der Waals surface area contributed by atoms with Crippen LogP contribution in [0.3, 0.4) is 0 Å². The molecule has 0 aliphatic heterocycles. The molecule has 0 spiro atoms. The summed E-state index contributed by atoms with van der Waals surface area (Å²) >= 11 is 0. The van der Waals surface area contributed by atoms with E-state index in [1.54, 1.807) is 0 Å². The van der Waals surface area contributed by atoms with E-state index in [4.69, 9.17) is 5.11 Å². The van der Waals surface area contributed by atoms with Gasteiger partial charge in [0.05, 0.1) is 0 Å². The first-order chi connectivity index (χ1) is 9.28. The summed E-state index contributed by atoms with van der Waals surface area (Å²) in [6, 6.07) is 1.48. The zero-order chi connectivity index (χ0) is 14.9. The standard InChI is InChI=1S/C11H12F2N2O4S/c12-8-3-6(4-9(13)10(8)11(16)17)5-14-20(18,19)15-7-1-2-7/h3-4,7,14-15H,1-2,5H2,(H,16,17). The number of nitrogens with one attached hydrogen (secondary N) is 2. The molecule has 20 heavy (non-hydrogen) atoms. The van der Waals surface area contributed by atoms with Gasteiger partial charge in [-0.05, 0) is 30.5 Å². The maximum atomic E-state index is 13.4. The summed E-state index contributed by atoms with van der Waals surface area (Å²) in [6.45, 7) is -0.338. The molecular formula is C11H12F2N2O4S. The maximum absolute atomic E-state index is 13.4. The van der Waals surface area contributed by atoms with Gasteiger partial charge in [-0.3, -0.25) is 0 Å². The van der Waals surface area contributed by atoms with Crippen LogP contribution in [0.15, 0.2) is 12.1 Å². The molecule has 2 rings (SSSR count). The van der Waals surface area contributed by atoms with Crippen molar-refractivity contribution in [2.45, 2.75) is 25.4 Å². The number of carboxylic acid groups (broad SMARTS) is 1. The molecule has 0 radical (unpaired) electrons. The topological polar surface area (TPSA) is 95.5 Å². The maximum Gasteiger partial charge on any atom is 0.341 e. The quantitative estimate of drug-likeness (QED) is 0.722. The van der Waals surface area contributed by atoms with Crippen molar-refractivity contribution in [1.82, 2.24) is 9.44 Å². The van der Waals surface area contributed by atoms with Crippen molar-refractivity contribution in [1.29, 1.82) is 0 Å². The van der Waals surface area contributed by atoms with E-state index >= 15 is 0 Å². The van der Waals surface area contributed by atoms with Crippen molar-refractivity contribution in [2.75, 3.05) is 0 Å². The smallest absolute Gasteiger partial charge is 0.341 e. The van der Waals surface area contributed by atoms with Crippen LogP contribution in [0.1, 0.15) is 28.8 Å². The molecule has 0 saturated heterocycles. The lowest BCUT2D eigenvalue weighted by molar-refractivity contribution is 0.0686. The molecule has 1 saturated carbocycles. The number of hydrogen-bond donors (Lipinski definition) is 3. The van der Waals surface area contributed by atoms with Gasteiger partial charge >= 0.3 is 5.97 Å². The molecular weight excluding hydrogens is 294 g/mol. The Balaban J connectivity index is 2.08. The molecule has 3 N–H and O–H groups in total. The summed E-state index contributed by atoms with van der Waals surface area (Å²) in [5, 5.41) is 8.60. The molecule has 0 unspecified atom stereocenters. The molecule has 1 aliphatic rings. The van der Waals surface area contributed by atoms with Crippen LogP contribution in [0.2, 0.25) is 0 Å². The van der Waals surface area contributed by atoms with Gasteiger partial charge in [0.2, 0.25) is 0 Å². The Hall–Kier alpha value is -1.58. The fraction of sp³-hybridized carbons (Fsp3) is 0.364. The highest BCUT2D eigenvalue weighted by Crippen LogP contribution is 2.19. The first-order valence-corrected chi connectivity index (χ1v) is 7.25. The first-order valence-electron chi connectivity index (χ1n) is 5.76. The number of halogens is 2. The van der Waals surface area contributed by atoms with E-state index in [2.05, 4.69) is 9.44 Å². The zero-order valence-electron chi connectivity index (χ0n) is 10.2. The Bertz CT molecular complexity index is 621. The summed E-state index contributed by atoms with van der Waals surface area (Å²) in [5.41, 5.74) is -1.07. The van der Waals surface area contributed by atoms with Gasteiger partial charge in [-0.25, -0.2) is 13.6 Å². The summed E-state index contributed by atoms with van der Waals surface area (Å²) in [5.74, 6) is -4.22. The fourth-order valence-corrected chi connectivity index (χ4v) is 2.69. The molecule has 1 aromatic carbocycles. The van der Waals surface area contributed by atoms with E-state index in [0.717, 1.165) is 25.0 Å². The Morgan fingerprint density at radius 2 is 1.85 bits per heavy atom. The van der Waals surface area contributed by atoms with Gasteiger partial charge in [0.15, 0.2) is 0 Å². The van der Waals surface area contributed by atoms with E-state index in [-0.39, 0.29) is 18.2 Å². The molecule has 6 nitrogen and oxygen atoms in total. The normalized spacial score (nSPS) is 15.3. The fourth-order valence-electron chi connectivity index (χ4n) is 1.57. The SMILES string of the molecule is O=C(O)c1c(F)cc(CNS(=O)(=O)NC2CC2)cc1F. The summed E-state index contributed by atoms with van der Waals surface area (Å²) < 4.78 is 54.2. The van der Waals surface area contributed by atoms with Gasteiger partial charge in [0, 0.05) is 12.6 Å². The molecule has 0 bridgehead atoms. The second-order valence-corrected chi connectivity index (χ2v) is 5.99. The minimum Gasteiger partial charge on any atom is -0.477 e. The van der Waals surface area contributed by atoms with E-state index in [1.807, 2.05) is 0 Å². The molecule has 9 heteroatoms. The van der Waals surface area contributed by atoms with E-state index in [1.165, 1.54) is 0 Å². The summed E-state index contributed by atoms with van der Waals surface area (Å²) in [4.78, 5) is 10.6. The molecule has 1 aliphatic carbocycles. The van der Waals surface area contributed by atoms with Crippen molar-refractivity contribution < 1.29 is 27.1 Å². The highest BCUT2D eigenvalue weighted by atomic mass is 32.2. The highest BCUT2D eigenvalue weighted by molar-refractivity contribution is 7.87. The number of aromatic carboxylic acids is 1. The largest absolute Gasteiger partial charge is 0.477 e. The van der Waals surface area contributed by atoms with Crippen LogP contribution < -0.4 is 9.44 Å². The Morgan fingerprint density at radius 1 is 1.30 bits per heavy atom. The number of hydrogen-bond acceptors (Lipinski definition) is 3. The van der Waals surface area contributed by atoms with Crippen LogP contribution in [0.5, 0.6) is 0 Å². The third kappa shape index (κ3) is 3.71. The lowest BCUT2D eigenvalue weighted by Crippen LogP contribution is -2.37. The highest BCUT2D eigenvalue weighted by Gasteiger charge is 2.26. The van der Waals surface area contributed by atoms with E-state index < -0.39 is 33.4 Å². The molecule has 1 fully saturated rings. The number of benzene rings is 1. The third-order valence-electron chi connectivity index (χ3n) is 2.68. The van der Waals surface area contributed by atoms with Gasteiger partial charge in [-0.1, -0.05) is 0 Å². The monoisotopic (exact) mass is 306 g/mol. The van der Waals surface area contributed by atoms with Gasteiger partial charge in [-0.15, -0.1) is 0 Å². The lowest BCUT2D eigenvalue weighted by atomic mass is 10.1. The molecule has 0 heterocycles. The molecule has 110 valence electrons. The van der Waals surface area contributed by atoms with Crippen LogP contribution in [0, 0.1) is 11.6 Å². The van der Waals surface area contributed by atoms with Gasteiger partial charge in [0.1, 0.15) is 17.2 Å². The average Bonchev–Trinajstić information content (AvgIpc) is 3.08. The molecule has 1 aromatic rings.